The molecule has 0 saturated carbocycles. The van der Waals surface area contributed by atoms with E-state index in [1.807, 2.05) is 44.3 Å². The number of aliphatic hydroxyl groups excluding tert-OH is 1. The predicted molar refractivity (Wildman–Crippen MR) is 135 cm³/mol. The zero-order valence-electron chi connectivity index (χ0n) is 19.4. The molecule has 11 heteroatoms. The summed E-state index contributed by atoms with van der Waals surface area (Å²) in [5, 5.41) is 13.8. The van der Waals surface area contributed by atoms with Gasteiger partial charge in [0.2, 0.25) is 11.9 Å². The molecule has 3 heterocycles. The maximum Gasteiger partial charge on any atom is 0.234 e. The standard InChI is InChI=1S/C23H29N7O2S2/c1-3-18(32)14-17-4-6-19(7-5-17)34-23-27-20(26-22-24-15-16(2)33-22)25-21(28-23)30-10-8-29(9-11-30)12-13-31/h4-7,15,31H,3,8-14H2,1-2H3,(H,24,25,26,27,28). The molecule has 180 valence electrons. The van der Waals surface area contributed by atoms with Gasteiger partial charge in [0.1, 0.15) is 5.78 Å². The third kappa shape index (κ3) is 6.72. The van der Waals surface area contributed by atoms with Gasteiger partial charge < -0.3 is 10.0 Å². The molecule has 0 amide bonds. The molecule has 1 aliphatic heterocycles. The minimum atomic E-state index is 0.166. The fourth-order valence-corrected chi connectivity index (χ4v) is 4.94. The summed E-state index contributed by atoms with van der Waals surface area (Å²) >= 11 is 3.01. The number of Topliss-reactive ketones (excluding diaryl/α,β-unsaturated/α-hetero) is 1. The molecule has 3 aromatic rings. The number of nitrogens with one attached hydrogen (secondary N) is 1. The van der Waals surface area contributed by atoms with E-state index < -0.39 is 0 Å². The highest BCUT2D eigenvalue weighted by molar-refractivity contribution is 7.99. The van der Waals surface area contributed by atoms with Gasteiger partial charge in [0.05, 0.1) is 6.61 Å². The van der Waals surface area contributed by atoms with Crippen molar-refractivity contribution >= 4 is 45.9 Å². The van der Waals surface area contributed by atoms with Crippen molar-refractivity contribution in [1.29, 1.82) is 0 Å². The summed E-state index contributed by atoms with van der Waals surface area (Å²) in [6, 6.07) is 7.96. The van der Waals surface area contributed by atoms with Crippen molar-refractivity contribution in [1.82, 2.24) is 24.8 Å². The summed E-state index contributed by atoms with van der Waals surface area (Å²) in [5.74, 6) is 1.32. The zero-order valence-corrected chi connectivity index (χ0v) is 21.0. The Morgan fingerprint density at radius 3 is 2.56 bits per heavy atom. The Morgan fingerprint density at radius 1 is 1.15 bits per heavy atom. The fraction of sp³-hybridized carbons (Fsp3) is 0.435. The van der Waals surface area contributed by atoms with Crippen molar-refractivity contribution in [2.24, 2.45) is 0 Å². The average Bonchev–Trinajstić information content (AvgIpc) is 3.25. The number of rotatable bonds is 10. The molecule has 4 rings (SSSR count). The van der Waals surface area contributed by atoms with Gasteiger partial charge in [-0.2, -0.15) is 15.0 Å². The minimum Gasteiger partial charge on any atom is -0.395 e. The van der Waals surface area contributed by atoms with Crippen LogP contribution in [0.2, 0.25) is 0 Å². The van der Waals surface area contributed by atoms with Crippen LogP contribution in [0, 0.1) is 6.92 Å². The van der Waals surface area contributed by atoms with Gasteiger partial charge in [-0.05, 0) is 36.4 Å². The van der Waals surface area contributed by atoms with E-state index in [9.17, 15) is 9.90 Å². The van der Waals surface area contributed by atoms with Gasteiger partial charge in [0, 0.05) is 61.5 Å². The molecule has 34 heavy (non-hydrogen) atoms. The molecule has 1 aliphatic rings. The van der Waals surface area contributed by atoms with Crippen LogP contribution in [0.15, 0.2) is 40.5 Å². The van der Waals surface area contributed by atoms with E-state index in [-0.39, 0.29) is 12.4 Å². The summed E-state index contributed by atoms with van der Waals surface area (Å²) in [6.45, 7) is 8.00. The Balaban J connectivity index is 1.53. The lowest BCUT2D eigenvalue weighted by Gasteiger charge is -2.34. The molecule has 0 aliphatic carbocycles. The number of aliphatic hydroxyl groups is 1. The first-order valence-corrected chi connectivity index (χ1v) is 13.0. The molecular formula is C23H29N7O2S2. The number of benzene rings is 1. The highest BCUT2D eigenvalue weighted by Crippen LogP contribution is 2.29. The highest BCUT2D eigenvalue weighted by Gasteiger charge is 2.21. The van der Waals surface area contributed by atoms with E-state index in [4.69, 9.17) is 4.98 Å². The van der Waals surface area contributed by atoms with Gasteiger partial charge in [-0.25, -0.2) is 4.98 Å². The molecule has 0 unspecified atom stereocenters. The summed E-state index contributed by atoms with van der Waals surface area (Å²) in [7, 11) is 0. The second kappa shape index (κ2) is 11.7. The molecule has 0 spiro atoms. The summed E-state index contributed by atoms with van der Waals surface area (Å²) in [5.41, 5.74) is 1.01. The number of anilines is 3. The molecule has 0 bridgehead atoms. The van der Waals surface area contributed by atoms with Crippen LogP contribution in [-0.4, -0.2) is 75.1 Å². The molecular weight excluding hydrogens is 470 g/mol. The molecule has 9 nitrogen and oxygen atoms in total. The van der Waals surface area contributed by atoms with Crippen LogP contribution in [0.3, 0.4) is 0 Å². The Morgan fingerprint density at radius 2 is 1.91 bits per heavy atom. The van der Waals surface area contributed by atoms with Crippen molar-refractivity contribution in [2.75, 3.05) is 49.5 Å². The first-order valence-electron chi connectivity index (χ1n) is 11.3. The van der Waals surface area contributed by atoms with Crippen molar-refractivity contribution in [3.05, 3.63) is 40.9 Å². The molecule has 1 saturated heterocycles. The third-order valence-electron chi connectivity index (χ3n) is 5.44. The molecule has 0 atom stereocenters. The summed E-state index contributed by atoms with van der Waals surface area (Å²) in [4.78, 5) is 36.6. The third-order valence-corrected chi connectivity index (χ3v) is 7.14. The number of hydrogen-bond donors (Lipinski definition) is 2. The normalized spacial score (nSPS) is 14.4. The van der Waals surface area contributed by atoms with E-state index in [1.54, 1.807) is 11.3 Å². The van der Waals surface area contributed by atoms with Crippen LogP contribution in [0.5, 0.6) is 0 Å². The van der Waals surface area contributed by atoms with Crippen molar-refractivity contribution in [2.45, 2.75) is 36.7 Å². The van der Waals surface area contributed by atoms with E-state index in [2.05, 4.69) is 30.1 Å². The number of carbonyl (C=O) groups excluding carboxylic acids is 1. The van der Waals surface area contributed by atoms with E-state index in [0.29, 0.717) is 36.4 Å². The quantitative estimate of drug-likeness (QED) is 0.432. The molecule has 2 aromatic heterocycles. The van der Waals surface area contributed by atoms with Gasteiger partial charge in [-0.3, -0.25) is 15.0 Å². The fourth-order valence-electron chi connectivity index (χ4n) is 3.54. The van der Waals surface area contributed by atoms with E-state index in [1.165, 1.54) is 11.8 Å². The highest BCUT2D eigenvalue weighted by atomic mass is 32.2. The number of piperazine rings is 1. The van der Waals surface area contributed by atoms with Gasteiger partial charge >= 0.3 is 0 Å². The maximum atomic E-state index is 11.7. The van der Waals surface area contributed by atoms with Gasteiger partial charge in [0.25, 0.3) is 0 Å². The summed E-state index contributed by atoms with van der Waals surface area (Å²) in [6.07, 6.45) is 2.82. The number of hydrogen-bond acceptors (Lipinski definition) is 11. The number of nitrogens with zero attached hydrogens (tertiary/aromatic N) is 6. The SMILES string of the molecule is CCC(=O)Cc1ccc(Sc2nc(Nc3ncc(C)s3)nc(N3CCN(CCO)CC3)n2)cc1. The molecule has 0 radical (unpaired) electrons. The van der Waals surface area contributed by atoms with Crippen molar-refractivity contribution in [3.63, 3.8) is 0 Å². The van der Waals surface area contributed by atoms with Crippen molar-refractivity contribution in [3.8, 4) is 0 Å². The van der Waals surface area contributed by atoms with Crippen molar-refractivity contribution < 1.29 is 9.90 Å². The number of carbonyl (C=O) groups is 1. The van der Waals surface area contributed by atoms with Gasteiger partial charge in [0.15, 0.2) is 10.3 Å². The topological polar surface area (TPSA) is 107 Å². The van der Waals surface area contributed by atoms with E-state index in [0.717, 1.165) is 46.6 Å². The lowest BCUT2D eigenvalue weighted by molar-refractivity contribution is -0.118. The Kier molecular flexibility index (Phi) is 8.44. The second-order valence-electron chi connectivity index (χ2n) is 8.01. The Bertz CT molecular complexity index is 1100. The van der Waals surface area contributed by atoms with Crippen LogP contribution in [0.1, 0.15) is 23.8 Å². The summed E-state index contributed by atoms with van der Waals surface area (Å²) < 4.78 is 0. The first-order chi connectivity index (χ1) is 16.5. The lowest BCUT2D eigenvalue weighted by Crippen LogP contribution is -2.47. The monoisotopic (exact) mass is 499 g/mol. The number of aryl methyl sites for hydroxylation is 1. The first kappa shape index (κ1) is 24.5. The number of aromatic nitrogens is 4. The number of β-amino-alcohol motifs (C(OH)–C–C–N with tert-alkyl or cyclic N) is 1. The van der Waals surface area contributed by atoms with Crippen LogP contribution >= 0.6 is 23.1 Å². The lowest BCUT2D eigenvalue weighted by atomic mass is 10.1. The average molecular weight is 500 g/mol. The van der Waals surface area contributed by atoms with Crippen LogP contribution in [0.25, 0.3) is 0 Å². The van der Waals surface area contributed by atoms with Crippen LogP contribution in [-0.2, 0) is 11.2 Å². The van der Waals surface area contributed by atoms with Gasteiger partial charge in [-0.1, -0.05) is 19.1 Å². The predicted octanol–water partition coefficient (Wildman–Crippen LogP) is 3.17. The second-order valence-corrected chi connectivity index (χ2v) is 10.3. The number of ketones is 1. The van der Waals surface area contributed by atoms with Crippen LogP contribution < -0.4 is 10.2 Å². The Labute approximate surface area is 207 Å². The zero-order chi connectivity index (χ0) is 23.9. The van der Waals surface area contributed by atoms with Gasteiger partial charge in [-0.15, -0.1) is 11.3 Å². The largest absolute Gasteiger partial charge is 0.395 e. The number of thiazole rings is 1. The van der Waals surface area contributed by atoms with E-state index >= 15 is 0 Å². The Hall–Kier alpha value is -2.60. The minimum absolute atomic E-state index is 0.166. The smallest absolute Gasteiger partial charge is 0.234 e. The van der Waals surface area contributed by atoms with Crippen LogP contribution in [0.4, 0.5) is 17.0 Å². The molecule has 2 N–H and O–H groups in total. The molecule has 1 aromatic carbocycles. The maximum absolute atomic E-state index is 11.7. The molecule has 1 fully saturated rings.